The fraction of sp³-hybridized carbons (Fsp3) is 0.333. The van der Waals surface area contributed by atoms with E-state index in [1.54, 1.807) is 6.08 Å². The molecule has 0 aromatic carbocycles. The van der Waals surface area contributed by atoms with Crippen molar-refractivity contribution >= 4 is 22.4 Å². The molecule has 0 bridgehead atoms. The Labute approximate surface area is 146 Å². The number of aromatic nitrogens is 5. The van der Waals surface area contributed by atoms with Gasteiger partial charge in [-0.1, -0.05) is 38.2 Å². The Morgan fingerprint density at radius 1 is 1.24 bits per heavy atom. The molecule has 3 aromatic heterocycles. The van der Waals surface area contributed by atoms with E-state index in [1.165, 1.54) is 6.33 Å². The molecular formula is C18H22N6O. The number of nitrogens with zero attached hydrogens (tertiary/aromatic N) is 5. The third kappa shape index (κ3) is 2.61. The Morgan fingerprint density at radius 2 is 1.96 bits per heavy atom. The van der Waals surface area contributed by atoms with Crippen LogP contribution in [-0.4, -0.2) is 24.9 Å². The molecule has 2 N–H and O–H groups in total. The molecule has 7 nitrogen and oxygen atoms in total. The number of allylic oxidation sites excluding steroid dienone is 2. The Balaban J connectivity index is 2.38. The lowest BCUT2D eigenvalue weighted by Crippen LogP contribution is -2.04. The molecule has 3 rings (SSSR count). The highest BCUT2D eigenvalue weighted by molar-refractivity contribution is 6.00. The molecule has 0 aliphatic carbocycles. The van der Waals surface area contributed by atoms with Gasteiger partial charge in [-0.25, -0.2) is 14.6 Å². The number of anilines is 1. The van der Waals surface area contributed by atoms with E-state index in [2.05, 4.69) is 28.3 Å². The van der Waals surface area contributed by atoms with Gasteiger partial charge in [0, 0.05) is 12.0 Å². The summed E-state index contributed by atoms with van der Waals surface area (Å²) in [7, 11) is 0. The summed E-state index contributed by atoms with van der Waals surface area (Å²) in [5, 5.41) is 9.64. The Bertz CT molecular complexity index is 964. The van der Waals surface area contributed by atoms with Crippen LogP contribution in [0.25, 0.3) is 28.0 Å². The second kappa shape index (κ2) is 6.16. The van der Waals surface area contributed by atoms with Gasteiger partial charge in [0.1, 0.15) is 29.3 Å². The summed E-state index contributed by atoms with van der Waals surface area (Å²) in [5.74, 6) is 1.23. The first kappa shape index (κ1) is 16.9. The van der Waals surface area contributed by atoms with Gasteiger partial charge in [0.25, 0.3) is 0 Å². The SMILES string of the molecule is C=CC(=C)c1c(-c2nn(C(C)C)c3ncnc(N)c23)noc1C(C)C. The monoisotopic (exact) mass is 338 g/mol. The van der Waals surface area contributed by atoms with Crippen LogP contribution >= 0.6 is 0 Å². The molecule has 7 heteroatoms. The second-order valence-electron chi connectivity index (χ2n) is 6.50. The third-order valence-electron chi connectivity index (χ3n) is 4.04. The first-order valence-corrected chi connectivity index (χ1v) is 8.17. The Kier molecular flexibility index (Phi) is 4.16. The topological polar surface area (TPSA) is 95.7 Å². The van der Waals surface area contributed by atoms with Crippen LogP contribution in [0.4, 0.5) is 5.82 Å². The molecule has 25 heavy (non-hydrogen) atoms. The molecule has 130 valence electrons. The van der Waals surface area contributed by atoms with E-state index in [4.69, 9.17) is 15.4 Å². The van der Waals surface area contributed by atoms with Crippen molar-refractivity contribution < 1.29 is 4.52 Å². The van der Waals surface area contributed by atoms with Crippen molar-refractivity contribution in [1.82, 2.24) is 24.9 Å². The molecule has 0 amide bonds. The van der Waals surface area contributed by atoms with E-state index in [0.29, 0.717) is 28.2 Å². The van der Waals surface area contributed by atoms with Crippen molar-refractivity contribution in [3.8, 4) is 11.4 Å². The van der Waals surface area contributed by atoms with E-state index in [9.17, 15) is 0 Å². The predicted molar refractivity (Wildman–Crippen MR) is 98.9 cm³/mol. The van der Waals surface area contributed by atoms with E-state index >= 15 is 0 Å². The summed E-state index contributed by atoms with van der Waals surface area (Å²) in [6, 6.07) is 0.105. The second-order valence-corrected chi connectivity index (χ2v) is 6.50. The van der Waals surface area contributed by atoms with Crippen LogP contribution in [0.1, 0.15) is 51.0 Å². The van der Waals surface area contributed by atoms with Crippen molar-refractivity contribution in [2.24, 2.45) is 0 Å². The van der Waals surface area contributed by atoms with Gasteiger partial charge in [-0.05, 0) is 19.4 Å². The number of hydrogen-bond donors (Lipinski definition) is 1. The number of hydrogen-bond acceptors (Lipinski definition) is 6. The highest BCUT2D eigenvalue weighted by atomic mass is 16.5. The van der Waals surface area contributed by atoms with Crippen molar-refractivity contribution in [2.75, 3.05) is 5.73 Å². The molecule has 0 aliphatic heterocycles. The van der Waals surface area contributed by atoms with E-state index in [-0.39, 0.29) is 12.0 Å². The van der Waals surface area contributed by atoms with Crippen LogP contribution in [0.3, 0.4) is 0 Å². The number of nitrogen functional groups attached to an aromatic ring is 1. The van der Waals surface area contributed by atoms with Crippen LogP contribution in [0, 0.1) is 0 Å². The summed E-state index contributed by atoms with van der Waals surface area (Å²) >= 11 is 0. The third-order valence-corrected chi connectivity index (χ3v) is 4.04. The smallest absolute Gasteiger partial charge is 0.164 e. The fourth-order valence-electron chi connectivity index (χ4n) is 2.79. The van der Waals surface area contributed by atoms with Crippen LogP contribution in [-0.2, 0) is 0 Å². The molecule has 0 atom stereocenters. The van der Waals surface area contributed by atoms with Gasteiger partial charge in [0.2, 0.25) is 0 Å². The molecule has 0 radical (unpaired) electrons. The van der Waals surface area contributed by atoms with Gasteiger partial charge >= 0.3 is 0 Å². The minimum absolute atomic E-state index is 0.105. The summed E-state index contributed by atoms with van der Waals surface area (Å²) in [6.07, 6.45) is 3.12. The lowest BCUT2D eigenvalue weighted by molar-refractivity contribution is 0.372. The van der Waals surface area contributed by atoms with Gasteiger partial charge in [-0.15, -0.1) is 0 Å². The van der Waals surface area contributed by atoms with Crippen LogP contribution in [0.2, 0.25) is 0 Å². The maximum atomic E-state index is 6.13. The first-order valence-electron chi connectivity index (χ1n) is 8.17. The predicted octanol–water partition coefficient (Wildman–Crippen LogP) is 3.97. The standard InChI is InChI=1S/C18H22N6O/c1-7-11(6)12-15(23-25-16(12)9(2)3)14-13-17(19)20-8-21-18(13)24(22-14)10(4)5/h7-10H,1,6H2,2-5H3,(H2,19,20,21). The summed E-state index contributed by atoms with van der Waals surface area (Å²) in [4.78, 5) is 8.47. The lowest BCUT2D eigenvalue weighted by Gasteiger charge is -2.06. The summed E-state index contributed by atoms with van der Waals surface area (Å²) in [5.41, 5.74) is 9.49. The Morgan fingerprint density at radius 3 is 2.56 bits per heavy atom. The van der Waals surface area contributed by atoms with Gasteiger partial charge in [0.15, 0.2) is 5.65 Å². The Hall–Kier alpha value is -2.96. The van der Waals surface area contributed by atoms with Gasteiger partial charge in [0.05, 0.1) is 10.9 Å². The normalized spacial score (nSPS) is 11.6. The van der Waals surface area contributed by atoms with Crippen molar-refractivity contribution in [2.45, 2.75) is 39.7 Å². The van der Waals surface area contributed by atoms with Crippen molar-refractivity contribution in [3.05, 3.63) is 36.9 Å². The van der Waals surface area contributed by atoms with Crippen LogP contribution < -0.4 is 5.73 Å². The largest absolute Gasteiger partial charge is 0.383 e. The van der Waals surface area contributed by atoms with Gasteiger partial charge in [-0.2, -0.15) is 5.10 Å². The molecule has 0 aliphatic rings. The van der Waals surface area contributed by atoms with Gasteiger partial charge in [-0.3, -0.25) is 0 Å². The number of rotatable bonds is 5. The van der Waals surface area contributed by atoms with Crippen molar-refractivity contribution in [1.29, 1.82) is 0 Å². The number of nitrogens with two attached hydrogens (primary N) is 1. The molecular weight excluding hydrogens is 316 g/mol. The summed E-state index contributed by atoms with van der Waals surface area (Å²) < 4.78 is 7.42. The van der Waals surface area contributed by atoms with Crippen LogP contribution in [0.5, 0.6) is 0 Å². The molecule has 3 aromatic rings. The van der Waals surface area contributed by atoms with Gasteiger partial charge < -0.3 is 10.3 Å². The highest BCUT2D eigenvalue weighted by Gasteiger charge is 2.27. The van der Waals surface area contributed by atoms with E-state index in [1.807, 2.05) is 32.4 Å². The minimum Gasteiger partial charge on any atom is -0.383 e. The number of fused-ring (bicyclic) bond motifs is 1. The minimum atomic E-state index is 0.105. The summed E-state index contributed by atoms with van der Waals surface area (Å²) in [6.45, 7) is 16.0. The molecule has 0 saturated heterocycles. The molecule has 3 heterocycles. The zero-order chi connectivity index (χ0) is 18.3. The van der Waals surface area contributed by atoms with Crippen LogP contribution in [0.15, 0.2) is 30.1 Å². The molecule has 0 spiro atoms. The lowest BCUT2D eigenvalue weighted by atomic mass is 9.97. The average Bonchev–Trinajstić information content (AvgIpc) is 3.16. The zero-order valence-electron chi connectivity index (χ0n) is 14.9. The maximum absolute atomic E-state index is 6.13. The fourth-order valence-corrected chi connectivity index (χ4v) is 2.79. The quantitative estimate of drug-likeness (QED) is 0.707. The maximum Gasteiger partial charge on any atom is 0.164 e. The van der Waals surface area contributed by atoms with E-state index < -0.39 is 0 Å². The molecule has 0 unspecified atom stereocenters. The molecule has 0 fully saturated rings. The van der Waals surface area contributed by atoms with E-state index in [0.717, 1.165) is 16.9 Å². The highest BCUT2D eigenvalue weighted by Crippen LogP contribution is 2.38. The van der Waals surface area contributed by atoms with Crippen molar-refractivity contribution in [3.63, 3.8) is 0 Å². The first-order chi connectivity index (χ1) is 11.9. The zero-order valence-corrected chi connectivity index (χ0v) is 14.9. The molecule has 0 saturated carbocycles. The average molecular weight is 338 g/mol.